The number of hydrogen-bond acceptors (Lipinski definition) is 5. The van der Waals surface area contributed by atoms with Gasteiger partial charge in [0.15, 0.2) is 0 Å². The highest BCUT2D eigenvalue weighted by Gasteiger charge is 2.23. The molecule has 1 aliphatic rings. The minimum atomic E-state index is 0.244. The summed E-state index contributed by atoms with van der Waals surface area (Å²) < 4.78 is 5.78. The molecule has 1 fully saturated rings. The molecule has 1 aromatic carbocycles. The zero-order valence-corrected chi connectivity index (χ0v) is 12.6. The molecular formula is C16H22N4O. The van der Waals surface area contributed by atoms with Crippen molar-refractivity contribution in [1.82, 2.24) is 15.1 Å². The summed E-state index contributed by atoms with van der Waals surface area (Å²) in [6, 6.07) is 8.35. The standard InChI is InChI=1S/C16H22N4O/c1-11-3-5-13(6-4-11)16-19-18-15(21-16)10-20-8-12(2)7-14(17)9-20/h3-6,12,14H,7-10,17H2,1-2H3. The normalized spacial score (nSPS) is 23.4. The maximum absolute atomic E-state index is 6.07. The molecule has 0 aliphatic carbocycles. The van der Waals surface area contributed by atoms with Crippen LogP contribution in [-0.2, 0) is 6.54 Å². The fraction of sp³-hybridized carbons (Fsp3) is 0.500. The lowest BCUT2D eigenvalue weighted by molar-refractivity contribution is 0.146. The number of piperidine rings is 1. The number of aryl methyl sites for hydroxylation is 1. The van der Waals surface area contributed by atoms with E-state index in [2.05, 4.69) is 28.9 Å². The number of benzene rings is 1. The molecule has 3 rings (SSSR count). The van der Waals surface area contributed by atoms with Gasteiger partial charge < -0.3 is 10.2 Å². The Morgan fingerprint density at radius 1 is 1.24 bits per heavy atom. The van der Waals surface area contributed by atoms with Crippen LogP contribution >= 0.6 is 0 Å². The molecule has 1 aromatic heterocycles. The third kappa shape index (κ3) is 3.49. The number of nitrogens with zero attached hydrogens (tertiary/aromatic N) is 3. The van der Waals surface area contributed by atoms with Crippen LogP contribution in [-0.4, -0.2) is 34.2 Å². The van der Waals surface area contributed by atoms with E-state index in [0.717, 1.165) is 25.1 Å². The molecule has 0 amide bonds. The van der Waals surface area contributed by atoms with Crippen LogP contribution in [0, 0.1) is 12.8 Å². The summed E-state index contributed by atoms with van der Waals surface area (Å²) in [5, 5.41) is 8.31. The maximum atomic E-state index is 6.07. The van der Waals surface area contributed by atoms with Crippen molar-refractivity contribution >= 4 is 0 Å². The van der Waals surface area contributed by atoms with Gasteiger partial charge in [0, 0.05) is 24.7 Å². The van der Waals surface area contributed by atoms with Crippen LogP contribution in [0.4, 0.5) is 0 Å². The Kier molecular flexibility index (Phi) is 4.03. The Labute approximate surface area is 125 Å². The number of rotatable bonds is 3. The van der Waals surface area contributed by atoms with Crippen molar-refractivity contribution < 1.29 is 4.42 Å². The van der Waals surface area contributed by atoms with Crippen molar-refractivity contribution in [2.75, 3.05) is 13.1 Å². The van der Waals surface area contributed by atoms with Crippen LogP contribution in [0.25, 0.3) is 11.5 Å². The quantitative estimate of drug-likeness (QED) is 0.937. The summed E-state index contributed by atoms with van der Waals surface area (Å²) in [5.74, 6) is 1.86. The minimum absolute atomic E-state index is 0.244. The van der Waals surface area contributed by atoms with E-state index in [0.29, 0.717) is 24.2 Å². The molecule has 0 saturated carbocycles. The molecule has 0 bridgehead atoms. The average Bonchev–Trinajstić information content (AvgIpc) is 2.87. The maximum Gasteiger partial charge on any atom is 0.247 e. The summed E-state index contributed by atoms with van der Waals surface area (Å²) in [6.45, 7) is 6.90. The molecule has 5 heteroatoms. The molecule has 2 aromatic rings. The van der Waals surface area contributed by atoms with E-state index >= 15 is 0 Å². The highest BCUT2D eigenvalue weighted by atomic mass is 16.4. The SMILES string of the molecule is Cc1ccc(-c2nnc(CN3CC(C)CC(N)C3)o2)cc1. The van der Waals surface area contributed by atoms with E-state index in [1.54, 1.807) is 0 Å². The first-order valence-electron chi connectivity index (χ1n) is 7.47. The summed E-state index contributed by atoms with van der Waals surface area (Å²) in [6.07, 6.45) is 1.09. The van der Waals surface area contributed by atoms with Gasteiger partial charge >= 0.3 is 0 Å². The number of nitrogens with two attached hydrogens (primary N) is 1. The summed E-state index contributed by atoms with van der Waals surface area (Å²) >= 11 is 0. The number of likely N-dealkylation sites (tertiary alicyclic amines) is 1. The van der Waals surface area contributed by atoms with Gasteiger partial charge in [-0.2, -0.15) is 0 Å². The van der Waals surface area contributed by atoms with Crippen LogP contribution in [0.1, 0.15) is 24.8 Å². The molecule has 5 nitrogen and oxygen atoms in total. The monoisotopic (exact) mass is 286 g/mol. The minimum Gasteiger partial charge on any atom is -0.419 e. The van der Waals surface area contributed by atoms with Crippen LogP contribution < -0.4 is 5.73 Å². The Morgan fingerprint density at radius 2 is 2.00 bits per heavy atom. The third-order valence-electron chi connectivity index (χ3n) is 3.89. The molecule has 1 saturated heterocycles. The van der Waals surface area contributed by atoms with Gasteiger partial charge in [0.25, 0.3) is 0 Å². The molecule has 21 heavy (non-hydrogen) atoms. The molecule has 2 unspecified atom stereocenters. The lowest BCUT2D eigenvalue weighted by Crippen LogP contribution is -2.45. The van der Waals surface area contributed by atoms with E-state index in [1.165, 1.54) is 5.56 Å². The van der Waals surface area contributed by atoms with E-state index in [1.807, 2.05) is 24.3 Å². The van der Waals surface area contributed by atoms with Gasteiger partial charge in [-0.25, -0.2) is 0 Å². The molecule has 2 atom stereocenters. The fourth-order valence-corrected chi connectivity index (χ4v) is 2.96. The summed E-state index contributed by atoms with van der Waals surface area (Å²) in [7, 11) is 0. The van der Waals surface area contributed by atoms with Gasteiger partial charge in [0.05, 0.1) is 6.54 Å². The van der Waals surface area contributed by atoms with Gasteiger partial charge in [-0.1, -0.05) is 24.6 Å². The van der Waals surface area contributed by atoms with Crippen LogP contribution in [0.3, 0.4) is 0 Å². The first kappa shape index (κ1) is 14.2. The van der Waals surface area contributed by atoms with Gasteiger partial charge in [-0.3, -0.25) is 4.90 Å². The molecule has 0 spiro atoms. The van der Waals surface area contributed by atoms with Crippen molar-refractivity contribution in [3.05, 3.63) is 35.7 Å². The lowest BCUT2D eigenvalue weighted by Gasteiger charge is -2.33. The topological polar surface area (TPSA) is 68.2 Å². The molecular weight excluding hydrogens is 264 g/mol. The van der Waals surface area contributed by atoms with E-state index in [4.69, 9.17) is 10.2 Å². The predicted octanol–water partition coefficient (Wildman–Crippen LogP) is 2.21. The van der Waals surface area contributed by atoms with Crippen LogP contribution in [0.2, 0.25) is 0 Å². The van der Waals surface area contributed by atoms with Crippen molar-refractivity contribution in [3.63, 3.8) is 0 Å². The first-order valence-corrected chi connectivity index (χ1v) is 7.47. The second kappa shape index (κ2) is 5.95. The molecule has 1 aliphatic heterocycles. The fourth-order valence-electron chi connectivity index (χ4n) is 2.96. The van der Waals surface area contributed by atoms with Gasteiger partial charge in [-0.15, -0.1) is 10.2 Å². The average molecular weight is 286 g/mol. The van der Waals surface area contributed by atoms with E-state index in [9.17, 15) is 0 Å². The molecule has 112 valence electrons. The Hall–Kier alpha value is -1.72. The van der Waals surface area contributed by atoms with Crippen molar-refractivity contribution in [2.24, 2.45) is 11.7 Å². The highest BCUT2D eigenvalue weighted by molar-refractivity contribution is 5.52. The van der Waals surface area contributed by atoms with E-state index < -0.39 is 0 Å². The zero-order chi connectivity index (χ0) is 14.8. The second-order valence-corrected chi connectivity index (χ2v) is 6.16. The second-order valence-electron chi connectivity index (χ2n) is 6.16. The predicted molar refractivity (Wildman–Crippen MR) is 81.5 cm³/mol. The summed E-state index contributed by atoms with van der Waals surface area (Å²) in [5.41, 5.74) is 8.25. The molecule has 0 radical (unpaired) electrons. The van der Waals surface area contributed by atoms with Crippen molar-refractivity contribution in [3.8, 4) is 11.5 Å². The Bertz CT molecular complexity index is 583. The summed E-state index contributed by atoms with van der Waals surface area (Å²) in [4.78, 5) is 2.30. The van der Waals surface area contributed by atoms with Crippen molar-refractivity contribution in [2.45, 2.75) is 32.9 Å². The zero-order valence-electron chi connectivity index (χ0n) is 12.6. The highest BCUT2D eigenvalue weighted by Crippen LogP contribution is 2.21. The largest absolute Gasteiger partial charge is 0.419 e. The lowest BCUT2D eigenvalue weighted by atomic mass is 9.97. The third-order valence-corrected chi connectivity index (χ3v) is 3.89. The smallest absolute Gasteiger partial charge is 0.247 e. The van der Waals surface area contributed by atoms with Crippen molar-refractivity contribution in [1.29, 1.82) is 0 Å². The number of hydrogen-bond donors (Lipinski definition) is 1. The Balaban J connectivity index is 1.69. The van der Waals surface area contributed by atoms with Crippen LogP contribution in [0.15, 0.2) is 28.7 Å². The van der Waals surface area contributed by atoms with E-state index in [-0.39, 0.29) is 6.04 Å². The van der Waals surface area contributed by atoms with Gasteiger partial charge in [0.2, 0.25) is 11.8 Å². The van der Waals surface area contributed by atoms with Crippen LogP contribution in [0.5, 0.6) is 0 Å². The molecule has 2 N–H and O–H groups in total. The first-order chi connectivity index (χ1) is 10.1. The Morgan fingerprint density at radius 3 is 2.71 bits per heavy atom. The van der Waals surface area contributed by atoms with Gasteiger partial charge in [-0.05, 0) is 31.4 Å². The number of aromatic nitrogens is 2. The van der Waals surface area contributed by atoms with Gasteiger partial charge in [0.1, 0.15) is 0 Å². The molecule has 2 heterocycles.